The number of anilines is 1. The summed E-state index contributed by atoms with van der Waals surface area (Å²) in [5, 5.41) is 8.78. The molecule has 1 N–H and O–H groups in total. The molecule has 1 aliphatic heterocycles. The maximum atomic E-state index is 12.1. The number of ether oxygens (including phenoxy) is 1. The van der Waals surface area contributed by atoms with Crippen LogP contribution in [0.15, 0.2) is 10.7 Å². The van der Waals surface area contributed by atoms with Gasteiger partial charge in [0.2, 0.25) is 11.2 Å². The van der Waals surface area contributed by atoms with E-state index >= 15 is 0 Å². The van der Waals surface area contributed by atoms with E-state index in [1.165, 1.54) is 6.42 Å². The van der Waals surface area contributed by atoms with Crippen LogP contribution in [0.1, 0.15) is 32.1 Å². The molecule has 2 fully saturated rings. The molecule has 1 saturated heterocycles. The molecule has 0 radical (unpaired) electrons. The van der Waals surface area contributed by atoms with Crippen LogP contribution in [0, 0.1) is 5.92 Å². The molecule has 3 rings (SSSR count). The molecule has 0 unspecified atom stereocenters. The van der Waals surface area contributed by atoms with Crippen LogP contribution in [-0.4, -0.2) is 37.5 Å². The zero-order valence-electron chi connectivity index (χ0n) is 12.4. The maximum Gasteiger partial charge on any atom is 0.305 e. The number of carbonyl (C=O) groups is 1. The summed E-state index contributed by atoms with van der Waals surface area (Å²) < 4.78 is 10.5. The third-order valence-electron chi connectivity index (χ3n) is 3.96. The van der Waals surface area contributed by atoms with Crippen molar-refractivity contribution in [3.63, 3.8) is 0 Å². The highest BCUT2D eigenvalue weighted by molar-refractivity contribution is 5.91. The van der Waals surface area contributed by atoms with Gasteiger partial charge in [-0.1, -0.05) is 19.3 Å². The molecule has 126 valence electrons. The summed E-state index contributed by atoms with van der Waals surface area (Å²) in [4.78, 5) is 13.7. The quantitative estimate of drug-likeness (QED) is 0.629. The smallest absolute Gasteiger partial charge is 0.305 e. The number of nitrogens with one attached hydrogen (secondary N) is 1. The van der Waals surface area contributed by atoms with Crippen LogP contribution in [0.2, 0.25) is 0 Å². The standard InChI is InChI=1S/C13H20N4O3.2ClH/c18-13(11-4-2-1-3-5-11)14-12-10-17(15-20-12)16-6-8-19-9-7-16;;/h10-11H,1-9H2;2*1H. The Balaban J connectivity index is 0.00000121. The van der Waals surface area contributed by atoms with Gasteiger partial charge in [-0.25, -0.2) is 0 Å². The fourth-order valence-electron chi connectivity index (χ4n) is 2.77. The number of rotatable bonds is 3. The van der Waals surface area contributed by atoms with Crippen LogP contribution < -0.4 is 27.5 Å². The van der Waals surface area contributed by atoms with Crippen LogP contribution in [0.3, 0.4) is 0 Å². The van der Waals surface area contributed by atoms with Gasteiger partial charge < -0.3 is 17.1 Å². The zero-order chi connectivity index (χ0) is 13.8. The van der Waals surface area contributed by atoms with Gasteiger partial charge in [0, 0.05) is 5.92 Å². The lowest BCUT2D eigenvalue weighted by Gasteiger charge is -2.19. The molecule has 22 heavy (non-hydrogen) atoms. The van der Waals surface area contributed by atoms with Gasteiger partial charge in [-0.3, -0.25) is 14.6 Å². The molecule has 0 spiro atoms. The second-order valence-electron chi connectivity index (χ2n) is 5.38. The maximum absolute atomic E-state index is 12.1. The largest absolute Gasteiger partial charge is 1.00 e. The Bertz CT molecular complexity index is 460. The number of carbonyl (C=O) groups excluding carboxylic acids is 1. The lowest BCUT2D eigenvalue weighted by atomic mass is 9.89. The molecular formula is C13H22Cl2N4O3. The first kappa shape index (κ1) is 19.0. The fourth-order valence-corrected chi connectivity index (χ4v) is 2.77. The van der Waals surface area contributed by atoms with Gasteiger partial charge in [0.05, 0.1) is 31.1 Å². The number of nitrogens with zero attached hydrogens (tertiary/aromatic N) is 3. The highest BCUT2D eigenvalue weighted by atomic mass is 35.5. The molecule has 0 aromatic carbocycles. The lowest BCUT2D eigenvalue weighted by molar-refractivity contribution is -0.759. The fraction of sp³-hybridized carbons (Fsp3) is 0.769. The SMILES string of the molecule is Cl.O=C(Nc1c[n+](N2CCOCC2)no1)C1CCCCC1.[Cl-]. The Morgan fingerprint density at radius 3 is 2.64 bits per heavy atom. The van der Waals surface area contributed by atoms with E-state index in [-0.39, 0.29) is 36.6 Å². The molecule has 1 amide bonds. The minimum atomic E-state index is 0. The Morgan fingerprint density at radius 2 is 1.95 bits per heavy atom. The number of aromatic nitrogens is 2. The average molecular weight is 353 g/mol. The van der Waals surface area contributed by atoms with E-state index in [0.29, 0.717) is 19.1 Å². The number of hydrogen-bond acceptors (Lipinski definition) is 5. The summed E-state index contributed by atoms with van der Waals surface area (Å²) in [7, 11) is 0. The summed E-state index contributed by atoms with van der Waals surface area (Å²) in [5.74, 6) is 0.577. The molecule has 9 heteroatoms. The minimum absolute atomic E-state index is 0. The highest BCUT2D eigenvalue weighted by Crippen LogP contribution is 2.24. The summed E-state index contributed by atoms with van der Waals surface area (Å²) in [6, 6.07) is 0. The first-order valence-electron chi connectivity index (χ1n) is 7.35. The van der Waals surface area contributed by atoms with Gasteiger partial charge in [-0.15, -0.1) is 17.4 Å². The van der Waals surface area contributed by atoms with Crippen molar-refractivity contribution in [3.8, 4) is 0 Å². The number of hydrogen-bond donors (Lipinski definition) is 1. The first-order valence-corrected chi connectivity index (χ1v) is 7.35. The summed E-state index contributed by atoms with van der Waals surface area (Å²) in [6.07, 6.45) is 7.19. The Morgan fingerprint density at radius 1 is 1.27 bits per heavy atom. The van der Waals surface area contributed by atoms with Crippen LogP contribution in [0.4, 0.5) is 5.88 Å². The van der Waals surface area contributed by atoms with E-state index < -0.39 is 0 Å². The van der Waals surface area contributed by atoms with E-state index in [0.717, 1.165) is 38.8 Å². The molecule has 0 bridgehead atoms. The topological polar surface area (TPSA) is 71.5 Å². The lowest BCUT2D eigenvalue weighted by Crippen LogP contribution is -3.00. The van der Waals surface area contributed by atoms with E-state index in [9.17, 15) is 4.79 Å². The van der Waals surface area contributed by atoms with Crippen molar-refractivity contribution in [2.75, 3.05) is 36.6 Å². The molecule has 7 nitrogen and oxygen atoms in total. The van der Waals surface area contributed by atoms with Crippen molar-refractivity contribution in [3.05, 3.63) is 6.20 Å². The van der Waals surface area contributed by atoms with Gasteiger partial charge in [-0.2, -0.15) is 0 Å². The van der Waals surface area contributed by atoms with Gasteiger partial charge >= 0.3 is 5.88 Å². The van der Waals surface area contributed by atoms with Crippen molar-refractivity contribution in [2.45, 2.75) is 32.1 Å². The van der Waals surface area contributed by atoms with Crippen LogP contribution in [-0.2, 0) is 9.53 Å². The summed E-state index contributed by atoms with van der Waals surface area (Å²) >= 11 is 0. The van der Waals surface area contributed by atoms with E-state index in [2.05, 4.69) is 10.6 Å². The highest BCUT2D eigenvalue weighted by Gasteiger charge is 2.26. The molecule has 0 atom stereocenters. The predicted octanol–water partition coefficient (Wildman–Crippen LogP) is -2.13. The average Bonchev–Trinajstić information content (AvgIpc) is 2.97. The van der Waals surface area contributed by atoms with Crippen LogP contribution in [0.25, 0.3) is 0 Å². The van der Waals surface area contributed by atoms with Gasteiger partial charge in [-0.05, 0) is 12.8 Å². The molecule has 2 aliphatic rings. The van der Waals surface area contributed by atoms with Crippen molar-refractivity contribution in [1.82, 2.24) is 5.27 Å². The van der Waals surface area contributed by atoms with E-state index in [1.54, 1.807) is 11.0 Å². The van der Waals surface area contributed by atoms with E-state index in [1.807, 2.05) is 5.01 Å². The number of morpholine rings is 1. The zero-order valence-corrected chi connectivity index (χ0v) is 13.9. The van der Waals surface area contributed by atoms with Crippen LogP contribution >= 0.6 is 12.4 Å². The molecule has 1 aliphatic carbocycles. The minimum Gasteiger partial charge on any atom is -1.00 e. The molecule has 1 saturated carbocycles. The molecular weight excluding hydrogens is 331 g/mol. The van der Waals surface area contributed by atoms with Crippen molar-refractivity contribution in [2.24, 2.45) is 5.92 Å². The molecule has 1 aromatic rings. The van der Waals surface area contributed by atoms with Crippen molar-refractivity contribution >= 4 is 24.2 Å². The van der Waals surface area contributed by atoms with Crippen LogP contribution in [0.5, 0.6) is 0 Å². The third-order valence-corrected chi connectivity index (χ3v) is 3.96. The predicted molar refractivity (Wildman–Crippen MR) is 77.9 cm³/mol. The molecule has 1 aromatic heterocycles. The monoisotopic (exact) mass is 352 g/mol. The first-order chi connectivity index (χ1) is 9.83. The van der Waals surface area contributed by atoms with Crippen molar-refractivity contribution < 1.29 is 31.3 Å². The number of amides is 1. The normalized spacial score (nSPS) is 19.0. The second kappa shape index (κ2) is 9.17. The van der Waals surface area contributed by atoms with Crippen molar-refractivity contribution in [1.29, 1.82) is 0 Å². The summed E-state index contributed by atoms with van der Waals surface area (Å²) in [6.45, 7) is 2.91. The van der Waals surface area contributed by atoms with E-state index in [4.69, 9.17) is 9.26 Å². The Kier molecular flexibility index (Phi) is 7.92. The second-order valence-corrected chi connectivity index (χ2v) is 5.38. The Hall–Kier alpha value is -1.05. The molecule has 2 heterocycles. The van der Waals surface area contributed by atoms with Gasteiger partial charge in [0.25, 0.3) is 6.20 Å². The Labute approximate surface area is 142 Å². The number of halogens is 2. The third kappa shape index (κ3) is 4.72. The summed E-state index contributed by atoms with van der Waals surface area (Å²) in [5.41, 5.74) is 0. The van der Waals surface area contributed by atoms with Gasteiger partial charge in [0.1, 0.15) is 0 Å². The van der Waals surface area contributed by atoms with Gasteiger partial charge in [0.15, 0.2) is 0 Å².